The largest absolute Gasteiger partial charge is 0.334 e. The summed E-state index contributed by atoms with van der Waals surface area (Å²) in [6, 6.07) is 8.97. The molecule has 1 nitrogen and oxygen atoms in total. The number of nitrogens with zero attached hydrogens (tertiary/aromatic N) is 1. The van der Waals surface area contributed by atoms with Crippen LogP contribution in [0, 0.1) is 5.41 Å². The Balaban J connectivity index is 1.97. The van der Waals surface area contributed by atoms with Crippen LogP contribution in [0.1, 0.15) is 32.3 Å². The molecular weight excluding hydrogens is 226 g/mol. The van der Waals surface area contributed by atoms with Crippen LogP contribution in [0.3, 0.4) is 0 Å². The monoisotopic (exact) mass is 243 g/mol. The number of anilines is 1. The standard InChI is InChI=1S/C15H17NS/c1-3-15-10-14(15,2)11-6-4-5-7-12(11)16-8-9-17-13(15)16/h4-9,13H,3,10H2,1-2H3/t13?,14?,15-/m0/s1. The van der Waals surface area contributed by atoms with Gasteiger partial charge in [-0.3, -0.25) is 0 Å². The molecule has 1 aromatic carbocycles. The topological polar surface area (TPSA) is 3.24 Å². The summed E-state index contributed by atoms with van der Waals surface area (Å²) < 4.78 is 0. The Morgan fingerprint density at radius 3 is 3.06 bits per heavy atom. The van der Waals surface area contributed by atoms with Crippen LogP contribution in [0.25, 0.3) is 0 Å². The highest BCUT2D eigenvalue weighted by Gasteiger charge is 2.71. The van der Waals surface area contributed by atoms with Gasteiger partial charge in [-0.15, -0.1) is 11.8 Å². The normalized spacial score (nSPS) is 40.8. The third kappa shape index (κ3) is 0.956. The van der Waals surface area contributed by atoms with Gasteiger partial charge in [-0.05, 0) is 29.9 Å². The lowest BCUT2D eigenvalue weighted by Crippen LogP contribution is -2.41. The fourth-order valence-corrected chi connectivity index (χ4v) is 5.52. The summed E-state index contributed by atoms with van der Waals surface area (Å²) in [5, 5.41) is 2.90. The highest BCUT2D eigenvalue weighted by atomic mass is 32.2. The van der Waals surface area contributed by atoms with Crippen molar-refractivity contribution in [3.8, 4) is 0 Å². The van der Waals surface area contributed by atoms with E-state index in [1.54, 1.807) is 5.56 Å². The Bertz CT molecular complexity index is 523. The second kappa shape index (κ2) is 2.92. The number of hydrogen-bond donors (Lipinski definition) is 0. The van der Waals surface area contributed by atoms with Crippen molar-refractivity contribution < 1.29 is 0 Å². The summed E-state index contributed by atoms with van der Waals surface area (Å²) in [5.41, 5.74) is 3.90. The molecule has 0 radical (unpaired) electrons. The SMILES string of the molecule is CC[C@@]12CC1(C)c1ccccc1N1C=CSC12. The van der Waals surface area contributed by atoms with Gasteiger partial charge in [0.2, 0.25) is 0 Å². The Labute approximate surface area is 107 Å². The van der Waals surface area contributed by atoms with Crippen molar-refractivity contribution in [2.45, 2.75) is 37.5 Å². The van der Waals surface area contributed by atoms with Gasteiger partial charge < -0.3 is 4.90 Å². The second-order valence-electron chi connectivity index (χ2n) is 5.72. The zero-order chi connectivity index (χ0) is 11.7. The summed E-state index contributed by atoms with van der Waals surface area (Å²) in [4.78, 5) is 2.50. The number of para-hydroxylation sites is 1. The van der Waals surface area contributed by atoms with Gasteiger partial charge in [0.25, 0.3) is 0 Å². The second-order valence-corrected chi connectivity index (χ2v) is 6.71. The molecule has 0 amide bonds. The van der Waals surface area contributed by atoms with E-state index in [4.69, 9.17) is 0 Å². The minimum absolute atomic E-state index is 0.415. The number of benzene rings is 1. The molecule has 1 fully saturated rings. The van der Waals surface area contributed by atoms with Gasteiger partial charge >= 0.3 is 0 Å². The van der Waals surface area contributed by atoms with Gasteiger partial charge in [0.05, 0.1) is 5.37 Å². The van der Waals surface area contributed by atoms with E-state index in [0.717, 1.165) is 0 Å². The van der Waals surface area contributed by atoms with Gasteiger partial charge in [-0.1, -0.05) is 32.0 Å². The zero-order valence-electron chi connectivity index (χ0n) is 10.3. The van der Waals surface area contributed by atoms with Crippen LogP contribution in [-0.4, -0.2) is 5.37 Å². The molecule has 1 aliphatic carbocycles. The van der Waals surface area contributed by atoms with E-state index in [-0.39, 0.29) is 0 Å². The molecule has 3 aliphatic rings. The van der Waals surface area contributed by atoms with Crippen molar-refractivity contribution >= 4 is 17.4 Å². The average molecular weight is 243 g/mol. The van der Waals surface area contributed by atoms with E-state index >= 15 is 0 Å². The third-order valence-electron chi connectivity index (χ3n) is 5.20. The minimum atomic E-state index is 0.415. The van der Waals surface area contributed by atoms with Gasteiger partial charge in [-0.2, -0.15) is 0 Å². The van der Waals surface area contributed by atoms with Crippen LogP contribution < -0.4 is 4.90 Å². The van der Waals surface area contributed by atoms with Gasteiger partial charge in [0.15, 0.2) is 0 Å². The molecule has 2 aliphatic heterocycles. The smallest absolute Gasteiger partial charge is 0.0899 e. The molecule has 0 spiro atoms. The molecule has 0 aromatic heterocycles. The summed E-state index contributed by atoms with van der Waals surface area (Å²) in [5.74, 6) is 0. The summed E-state index contributed by atoms with van der Waals surface area (Å²) >= 11 is 2.01. The molecule has 0 N–H and O–H groups in total. The summed E-state index contributed by atoms with van der Waals surface area (Å²) in [6.45, 7) is 4.82. The number of hydrogen-bond acceptors (Lipinski definition) is 2. The van der Waals surface area contributed by atoms with Crippen molar-refractivity contribution in [3.63, 3.8) is 0 Å². The molecule has 2 heteroatoms. The molecular formula is C15H17NS. The first-order chi connectivity index (χ1) is 8.23. The zero-order valence-corrected chi connectivity index (χ0v) is 11.1. The first-order valence-corrected chi connectivity index (χ1v) is 7.37. The van der Waals surface area contributed by atoms with Crippen LogP contribution in [-0.2, 0) is 5.41 Å². The van der Waals surface area contributed by atoms with Crippen LogP contribution in [0.4, 0.5) is 5.69 Å². The number of thioether (sulfide) groups is 1. The van der Waals surface area contributed by atoms with Gasteiger partial charge in [0.1, 0.15) is 0 Å². The fraction of sp³-hybridized carbons (Fsp3) is 0.467. The molecule has 0 bridgehead atoms. The van der Waals surface area contributed by atoms with Crippen LogP contribution >= 0.6 is 11.8 Å². The average Bonchev–Trinajstić information content (AvgIpc) is 2.75. The summed E-state index contributed by atoms with van der Waals surface area (Å²) in [7, 11) is 0. The molecule has 3 atom stereocenters. The van der Waals surface area contributed by atoms with E-state index < -0.39 is 0 Å². The quantitative estimate of drug-likeness (QED) is 0.730. The van der Waals surface area contributed by atoms with E-state index in [2.05, 4.69) is 54.6 Å². The van der Waals surface area contributed by atoms with E-state index in [9.17, 15) is 0 Å². The first kappa shape index (κ1) is 10.1. The van der Waals surface area contributed by atoms with Crippen LogP contribution in [0.2, 0.25) is 0 Å². The van der Waals surface area contributed by atoms with Crippen LogP contribution in [0.15, 0.2) is 35.9 Å². The van der Waals surface area contributed by atoms with Crippen molar-refractivity contribution in [1.82, 2.24) is 0 Å². The number of rotatable bonds is 1. The minimum Gasteiger partial charge on any atom is -0.334 e. The predicted octanol–water partition coefficient (Wildman–Crippen LogP) is 4.11. The van der Waals surface area contributed by atoms with E-state index in [1.165, 1.54) is 18.5 Å². The molecule has 4 rings (SSSR count). The van der Waals surface area contributed by atoms with Crippen molar-refractivity contribution in [2.24, 2.45) is 5.41 Å². The third-order valence-corrected chi connectivity index (χ3v) is 6.42. The maximum absolute atomic E-state index is 2.50. The molecule has 17 heavy (non-hydrogen) atoms. The Morgan fingerprint density at radius 2 is 2.24 bits per heavy atom. The Hall–Kier alpha value is -0.890. The van der Waals surface area contributed by atoms with E-state index in [1.807, 2.05) is 11.8 Å². The van der Waals surface area contributed by atoms with E-state index in [0.29, 0.717) is 16.2 Å². The first-order valence-electron chi connectivity index (χ1n) is 6.43. The Kier molecular flexibility index (Phi) is 1.73. The molecule has 2 unspecified atom stereocenters. The van der Waals surface area contributed by atoms with Gasteiger partial charge in [-0.25, -0.2) is 0 Å². The lowest BCUT2D eigenvalue weighted by atomic mass is 9.81. The maximum atomic E-state index is 2.50. The molecule has 2 heterocycles. The van der Waals surface area contributed by atoms with Crippen molar-refractivity contribution in [3.05, 3.63) is 41.4 Å². The molecule has 0 saturated heterocycles. The Morgan fingerprint density at radius 1 is 1.41 bits per heavy atom. The summed E-state index contributed by atoms with van der Waals surface area (Å²) in [6.07, 6.45) is 4.90. The van der Waals surface area contributed by atoms with Crippen molar-refractivity contribution in [1.29, 1.82) is 0 Å². The number of fused-ring (bicyclic) bond motifs is 6. The van der Waals surface area contributed by atoms with Gasteiger partial charge in [0, 0.05) is 22.7 Å². The molecule has 1 saturated carbocycles. The molecule has 88 valence electrons. The molecule has 1 aromatic rings. The highest BCUT2D eigenvalue weighted by molar-refractivity contribution is 8.03. The highest BCUT2D eigenvalue weighted by Crippen LogP contribution is 2.75. The lowest BCUT2D eigenvalue weighted by molar-refractivity contribution is 0.388. The van der Waals surface area contributed by atoms with Crippen LogP contribution in [0.5, 0.6) is 0 Å². The van der Waals surface area contributed by atoms with Crippen molar-refractivity contribution in [2.75, 3.05) is 4.90 Å². The maximum Gasteiger partial charge on any atom is 0.0899 e. The fourth-order valence-electron chi connectivity index (χ4n) is 4.09. The predicted molar refractivity (Wildman–Crippen MR) is 74.1 cm³/mol. The lowest BCUT2D eigenvalue weighted by Gasteiger charge is -2.41.